The maximum Gasteiger partial charge on any atom is 0.333 e. The third-order valence-corrected chi connectivity index (χ3v) is 7.72. The number of nitrogens with one attached hydrogen (secondary N) is 3. The first kappa shape index (κ1) is 23.0. The average Bonchev–Trinajstić information content (AvgIpc) is 3.30. The van der Waals surface area contributed by atoms with E-state index in [4.69, 9.17) is 6.42 Å². The molecule has 4 aromatic rings. The average molecular weight is 497 g/mol. The van der Waals surface area contributed by atoms with Crippen molar-refractivity contribution in [3.8, 4) is 18.0 Å². The SMILES string of the molecule is C#Cc1ccc(S(=O)(=O)NC(=O)Nc2ccc(-n3ccc4cc(NC)c(F)cc4c3=O)cc2)s1. The van der Waals surface area contributed by atoms with Crippen LogP contribution >= 0.6 is 11.3 Å². The van der Waals surface area contributed by atoms with Crippen LogP contribution in [0.5, 0.6) is 0 Å². The summed E-state index contributed by atoms with van der Waals surface area (Å²) in [6.07, 6.45) is 6.81. The summed E-state index contributed by atoms with van der Waals surface area (Å²) in [5, 5.41) is 5.96. The van der Waals surface area contributed by atoms with Crippen LogP contribution in [0.3, 0.4) is 0 Å². The molecule has 0 bridgehead atoms. The molecule has 0 fully saturated rings. The van der Waals surface area contributed by atoms with E-state index in [1.165, 1.54) is 34.9 Å². The van der Waals surface area contributed by atoms with Crippen LogP contribution in [0.15, 0.2) is 69.8 Å². The number of benzene rings is 2. The van der Waals surface area contributed by atoms with Gasteiger partial charge in [0.05, 0.1) is 16.0 Å². The molecule has 0 aliphatic heterocycles. The van der Waals surface area contributed by atoms with Crippen molar-refractivity contribution in [2.45, 2.75) is 4.21 Å². The number of sulfonamides is 1. The molecule has 0 unspecified atom stereocenters. The number of hydrogen-bond donors (Lipinski definition) is 3. The Hall–Kier alpha value is -4.14. The Morgan fingerprint density at radius 3 is 2.50 bits per heavy atom. The first-order valence-corrected chi connectivity index (χ1v) is 12.0. The number of hydrogen-bond acceptors (Lipinski definition) is 6. The van der Waals surface area contributed by atoms with Gasteiger partial charge in [0.2, 0.25) is 0 Å². The van der Waals surface area contributed by atoms with Crippen molar-refractivity contribution < 1.29 is 17.6 Å². The molecule has 2 aromatic carbocycles. The summed E-state index contributed by atoms with van der Waals surface area (Å²) in [5.74, 6) is 1.79. The lowest BCUT2D eigenvalue weighted by Crippen LogP contribution is -2.33. The first-order chi connectivity index (χ1) is 16.2. The van der Waals surface area contributed by atoms with Crippen molar-refractivity contribution in [3.05, 3.63) is 81.8 Å². The molecule has 0 atom stereocenters. The number of fused-ring (bicyclic) bond motifs is 1. The topological polar surface area (TPSA) is 109 Å². The number of carbonyl (C=O) groups is 1. The Balaban J connectivity index is 1.52. The van der Waals surface area contributed by atoms with Gasteiger partial charge < -0.3 is 10.6 Å². The molecule has 0 spiro atoms. The molecule has 8 nitrogen and oxygen atoms in total. The second-order valence-corrected chi connectivity index (χ2v) is 10.0. The van der Waals surface area contributed by atoms with Crippen molar-refractivity contribution in [2.24, 2.45) is 0 Å². The highest BCUT2D eigenvalue weighted by atomic mass is 32.2. The number of halogens is 1. The smallest absolute Gasteiger partial charge is 0.333 e. The third kappa shape index (κ3) is 4.50. The lowest BCUT2D eigenvalue weighted by atomic mass is 10.1. The molecule has 2 amide bonds. The second kappa shape index (κ2) is 9.01. The molecule has 0 aliphatic rings. The van der Waals surface area contributed by atoms with Gasteiger partial charge in [0.15, 0.2) is 0 Å². The van der Waals surface area contributed by atoms with E-state index in [2.05, 4.69) is 16.6 Å². The highest BCUT2D eigenvalue weighted by molar-refractivity contribution is 7.92. The highest BCUT2D eigenvalue weighted by Crippen LogP contribution is 2.22. The first-order valence-electron chi connectivity index (χ1n) is 9.75. The Bertz CT molecular complexity index is 1620. The van der Waals surface area contributed by atoms with Crippen molar-refractivity contribution in [2.75, 3.05) is 17.7 Å². The van der Waals surface area contributed by atoms with Gasteiger partial charge in [-0.3, -0.25) is 9.36 Å². The number of carbonyl (C=O) groups excluding carboxylic acids is 1. The highest BCUT2D eigenvalue weighted by Gasteiger charge is 2.20. The number of amides is 2. The fourth-order valence-electron chi connectivity index (χ4n) is 3.24. The zero-order chi connectivity index (χ0) is 24.5. The van der Waals surface area contributed by atoms with E-state index in [9.17, 15) is 22.4 Å². The predicted molar refractivity (Wildman–Crippen MR) is 131 cm³/mol. The molecule has 0 radical (unpaired) electrons. The van der Waals surface area contributed by atoms with Gasteiger partial charge in [-0.1, -0.05) is 5.92 Å². The molecule has 11 heteroatoms. The van der Waals surface area contributed by atoms with Gasteiger partial charge >= 0.3 is 6.03 Å². The van der Waals surface area contributed by atoms with Crippen LogP contribution in [0.4, 0.5) is 20.6 Å². The summed E-state index contributed by atoms with van der Waals surface area (Å²) >= 11 is 0.867. The predicted octanol–water partition coefficient (Wildman–Crippen LogP) is 3.72. The third-order valence-electron chi connectivity index (χ3n) is 4.88. The molecule has 0 saturated heterocycles. The minimum absolute atomic E-state index is 0.0834. The van der Waals surface area contributed by atoms with Crippen LogP contribution in [0.2, 0.25) is 0 Å². The molecule has 2 heterocycles. The van der Waals surface area contributed by atoms with Gasteiger partial charge in [-0.25, -0.2) is 22.3 Å². The van der Waals surface area contributed by atoms with E-state index in [1.54, 1.807) is 37.5 Å². The largest absolute Gasteiger partial charge is 0.386 e. The molecular formula is C23H17FN4O4S2. The van der Waals surface area contributed by atoms with Gasteiger partial charge in [0, 0.05) is 24.6 Å². The van der Waals surface area contributed by atoms with E-state index in [0.29, 0.717) is 21.6 Å². The standard InChI is InChI=1S/C23H17FN4O4S2/c1-3-17-8-9-21(33-17)34(31,32)27-23(30)26-15-4-6-16(7-5-15)28-11-10-14-12-20(25-2)19(24)13-18(14)22(28)29/h1,4-13,25H,2H3,(H2,26,27,30). The molecule has 34 heavy (non-hydrogen) atoms. The number of nitrogens with zero attached hydrogens (tertiary/aromatic N) is 1. The maximum atomic E-state index is 14.1. The lowest BCUT2D eigenvalue weighted by Gasteiger charge is -2.11. The van der Waals surface area contributed by atoms with Crippen LogP contribution in [0.1, 0.15) is 4.88 Å². The summed E-state index contributed by atoms with van der Waals surface area (Å²) < 4.78 is 41.9. The number of urea groups is 1. The summed E-state index contributed by atoms with van der Waals surface area (Å²) in [6.45, 7) is 0. The van der Waals surface area contributed by atoms with E-state index in [0.717, 1.165) is 11.3 Å². The quantitative estimate of drug-likeness (QED) is 0.365. The Morgan fingerprint density at radius 2 is 1.85 bits per heavy atom. The molecule has 172 valence electrons. The van der Waals surface area contributed by atoms with Crippen molar-refractivity contribution in [1.29, 1.82) is 0 Å². The van der Waals surface area contributed by atoms with Crippen LogP contribution in [0, 0.1) is 18.2 Å². The van der Waals surface area contributed by atoms with Crippen LogP contribution in [-0.4, -0.2) is 26.1 Å². The Labute approximate surface area is 198 Å². The minimum Gasteiger partial charge on any atom is -0.386 e. The van der Waals surface area contributed by atoms with Crippen LogP contribution in [0.25, 0.3) is 16.5 Å². The normalized spacial score (nSPS) is 11.1. The fraction of sp³-hybridized carbons (Fsp3) is 0.0435. The zero-order valence-corrected chi connectivity index (χ0v) is 19.3. The number of pyridine rings is 1. The van der Waals surface area contributed by atoms with Gasteiger partial charge in [0.25, 0.3) is 15.6 Å². The number of anilines is 2. The monoisotopic (exact) mass is 496 g/mol. The van der Waals surface area contributed by atoms with Gasteiger partial charge in [-0.2, -0.15) is 0 Å². The minimum atomic E-state index is -4.07. The van der Waals surface area contributed by atoms with Crippen molar-refractivity contribution in [3.63, 3.8) is 0 Å². The molecular weight excluding hydrogens is 479 g/mol. The number of thiophene rings is 1. The summed E-state index contributed by atoms with van der Waals surface area (Å²) in [5.41, 5.74) is 0.649. The molecule has 4 rings (SSSR count). The second-order valence-electron chi connectivity index (χ2n) is 7.03. The molecule has 0 saturated carbocycles. The van der Waals surface area contributed by atoms with Gasteiger partial charge in [0.1, 0.15) is 10.0 Å². The fourth-order valence-corrected chi connectivity index (χ4v) is 5.26. The van der Waals surface area contributed by atoms with Crippen LogP contribution in [-0.2, 0) is 10.0 Å². The van der Waals surface area contributed by atoms with E-state index in [-0.39, 0.29) is 15.3 Å². The lowest BCUT2D eigenvalue weighted by molar-refractivity contribution is 0.256. The Kier molecular flexibility index (Phi) is 6.10. The summed E-state index contributed by atoms with van der Waals surface area (Å²) in [4.78, 5) is 25.5. The summed E-state index contributed by atoms with van der Waals surface area (Å²) in [6, 6.07) is 12.4. The van der Waals surface area contributed by atoms with Gasteiger partial charge in [-0.05, 0) is 60.0 Å². The van der Waals surface area contributed by atoms with E-state index < -0.39 is 27.4 Å². The van der Waals surface area contributed by atoms with Gasteiger partial charge in [-0.15, -0.1) is 17.8 Å². The van der Waals surface area contributed by atoms with Crippen molar-refractivity contribution in [1.82, 2.24) is 9.29 Å². The molecule has 0 aliphatic carbocycles. The maximum absolute atomic E-state index is 14.1. The Morgan fingerprint density at radius 1 is 1.12 bits per heavy atom. The number of terminal acetylenes is 1. The van der Waals surface area contributed by atoms with Crippen molar-refractivity contribution >= 4 is 49.5 Å². The van der Waals surface area contributed by atoms with E-state index in [1.807, 2.05) is 4.72 Å². The van der Waals surface area contributed by atoms with E-state index >= 15 is 0 Å². The number of aromatic nitrogens is 1. The number of rotatable bonds is 5. The molecule has 2 aromatic heterocycles. The molecule has 3 N–H and O–H groups in total. The summed E-state index contributed by atoms with van der Waals surface area (Å²) in [7, 11) is -2.48. The zero-order valence-electron chi connectivity index (χ0n) is 17.6. The van der Waals surface area contributed by atoms with Crippen LogP contribution < -0.4 is 20.9 Å².